The van der Waals surface area contributed by atoms with Crippen LogP contribution in [0, 0.1) is 0 Å². The number of nitrogens with one attached hydrogen (secondary N) is 1. The average molecular weight is 415 g/mol. The zero-order valence-corrected chi connectivity index (χ0v) is 18.1. The van der Waals surface area contributed by atoms with E-state index >= 15 is 0 Å². The van der Waals surface area contributed by atoms with Crippen molar-refractivity contribution in [3.63, 3.8) is 0 Å². The third kappa shape index (κ3) is 2.93. The van der Waals surface area contributed by atoms with Gasteiger partial charge in [-0.25, -0.2) is 4.79 Å². The van der Waals surface area contributed by atoms with Crippen LogP contribution in [0.25, 0.3) is 10.9 Å². The lowest BCUT2D eigenvalue weighted by Gasteiger charge is -2.56. The van der Waals surface area contributed by atoms with Crippen molar-refractivity contribution in [3.8, 4) is 5.75 Å². The summed E-state index contributed by atoms with van der Waals surface area (Å²) < 4.78 is 7.48. The lowest BCUT2D eigenvalue weighted by molar-refractivity contribution is -0.137. The first-order valence-electron chi connectivity index (χ1n) is 10.4. The molecule has 4 rings (SSSR count). The highest BCUT2D eigenvalue weighted by atomic mass is 16.5. The molecular weight excluding hydrogens is 384 g/mol. The van der Waals surface area contributed by atoms with Crippen LogP contribution in [0.4, 0.5) is 4.79 Å². The Morgan fingerprint density at radius 2 is 2.03 bits per heavy atom. The SMILES string of the molecule is CCCNC(=O)N1CC2(CN(C(C)=O)C2)c2c(n(C)c3cc(OC)ccc23)[C@@H]1CO. The maximum absolute atomic E-state index is 13.0. The third-order valence-corrected chi connectivity index (χ3v) is 6.54. The highest BCUT2D eigenvalue weighted by Gasteiger charge is 2.55. The molecule has 8 heteroatoms. The molecule has 162 valence electrons. The minimum Gasteiger partial charge on any atom is -0.497 e. The Morgan fingerprint density at radius 3 is 2.63 bits per heavy atom. The fourth-order valence-corrected chi connectivity index (χ4v) is 5.07. The van der Waals surface area contributed by atoms with E-state index < -0.39 is 6.04 Å². The molecule has 30 heavy (non-hydrogen) atoms. The molecule has 0 aliphatic carbocycles. The number of aliphatic hydroxyl groups excluding tert-OH is 1. The van der Waals surface area contributed by atoms with Crippen LogP contribution in [0.5, 0.6) is 5.75 Å². The first-order valence-corrected chi connectivity index (χ1v) is 10.4. The van der Waals surface area contributed by atoms with Crippen molar-refractivity contribution >= 4 is 22.8 Å². The minimum atomic E-state index is -0.447. The van der Waals surface area contributed by atoms with E-state index in [-0.39, 0.29) is 24.0 Å². The van der Waals surface area contributed by atoms with E-state index in [9.17, 15) is 14.7 Å². The molecule has 8 nitrogen and oxygen atoms in total. The summed E-state index contributed by atoms with van der Waals surface area (Å²) in [6.07, 6.45) is 0.839. The number of likely N-dealkylation sites (tertiary alicyclic amines) is 1. The van der Waals surface area contributed by atoms with Crippen LogP contribution in [-0.2, 0) is 17.3 Å². The second kappa shape index (κ2) is 7.50. The van der Waals surface area contributed by atoms with Crippen LogP contribution >= 0.6 is 0 Å². The number of carbonyl (C=O) groups is 2. The van der Waals surface area contributed by atoms with Gasteiger partial charge in [-0.05, 0) is 24.1 Å². The Hall–Kier alpha value is -2.74. The van der Waals surface area contributed by atoms with Crippen LogP contribution in [-0.4, -0.2) is 71.3 Å². The third-order valence-electron chi connectivity index (χ3n) is 6.54. The van der Waals surface area contributed by atoms with Crippen LogP contribution < -0.4 is 10.1 Å². The van der Waals surface area contributed by atoms with E-state index in [1.54, 1.807) is 18.9 Å². The standard InChI is InChI=1S/C22H30N4O4/c1-5-8-23-21(29)26-13-22(11-25(12-22)14(2)28)19-16-7-6-15(30-4)9-17(16)24(3)20(19)18(26)10-27/h6-7,9,18,27H,5,8,10-13H2,1-4H3,(H,23,29)/t18-/m0/s1. The average Bonchev–Trinajstić information content (AvgIpc) is 3.01. The lowest BCUT2D eigenvalue weighted by Crippen LogP contribution is -2.68. The topological polar surface area (TPSA) is 87.0 Å². The van der Waals surface area contributed by atoms with Crippen molar-refractivity contribution in [2.24, 2.45) is 7.05 Å². The lowest BCUT2D eigenvalue weighted by atomic mass is 9.68. The number of nitrogens with zero attached hydrogens (tertiary/aromatic N) is 3. The van der Waals surface area contributed by atoms with Gasteiger partial charge in [0, 0.05) is 57.3 Å². The molecule has 0 bridgehead atoms. The number of aromatic nitrogens is 1. The molecule has 1 fully saturated rings. The van der Waals surface area contributed by atoms with Gasteiger partial charge in [0.1, 0.15) is 5.75 Å². The van der Waals surface area contributed by atoms with Crippen LogP contribution in [0.3, 0.4) is 0 Å². The van der Waals surface area contributed by atoms with E-state index in [1.807, 2.05) is 37.1 Å². The summed E-state index contributed by atoms with van der Waals surface area (Å²) >= 11 is 0. The maximum Gasteiger partial charge on any atom is 0.318 e. The number of fused-ring (bicyclic) bond motifs is 4. The van der Waals surface area contributed by atoms with Crippen LogP contribution in [0.2, 0.25) is 0 Å². The van der Waals surface area contributed by atoms with Gasteiger partial charge in [-0.3, -0.25) is 4.79 Å². The minimum absolute atomic E-state index is 0.0374. The number of rotatable bonds is 4. The van der Waals surface area contributed by atoms with Crippen molar-refractivity contribution < 1.29 is 19.4 Å². The number of benzene rings is 1. The molecule has 2 aliphatic rings. The van der Waals surface area contributed by atoms with Crippen molar-refractivity contribution in [1.82, 2.24) is 19.7 Å². The summed E-state index contributed by atoms with van der Waals surface area (Å²) in [7, 11) is 3.60. The van der Waals surface area contributed by atoms with Gasteiger partial charge in [-0.15, -0.1) is 0 Å². The van der Waals surface area contributed by atoms with Gasteiger partial charge in [0.05, 0.1) is 30.7 Å². The molecule has 1 spiro atoms. The molecule has 0 radical (unpaired) electrons. The summed E-state index contributed by atoms with van der Waals surface area (Å²) in [6, 6.07) is 5.35. The summed E-state index contributed by atoms with van der Waals surface area (Å²) in [6.45, 7) is 5.60. The van der Waals surface area contributed by atoms with Crippen molar-refractivity contribution in [3.05, 3.63) is 29.5 Å². The van der Waals surface area contributed by atoms with Gasteiger partial charge in [-0.1, -0.05) is 6.92 Å². The predicted octanol–water partition coefficient (Wildman–Crippen LogP) is 1.76. The van der Waals surface area contributed by atoms with Crippen LogP contribution in [0.15, 0.2) is 18.2 Å². The smallest absolute Gasteiger partial charge is 0.318 e. The van der Waals surface area contributed by atoms with E-state index in [2.05, 4.69) is 9.88 Å². The zero-order valence-electron chi connectivity index (χ0n) is 18.1. The van der Waals surface area contributed by atoms with Gasteiger partial charge >= 0.3 is 6.03 Å². The molecule has 2 N–H and O–H groups in total. The summed E-state index contributed by atoms with van der Waals surface area (Å²) in [4.78, 5) is 28.5. The predicted molar refractivity (Wildman–Crippen MR) is 114 cm³/mol. The Balaban J connectivity index is 1.88. The normalized spacial score (nSPS) is 19.6. The van der Waals surface area contributed by atoms with Crippen molar-refractivity contribution in [2.45, 2.75) is 31.7 Å². The molecule has 1 atom stereocenters. The Bertz CT molecular complexity index is 993. The molecule has 1 saturated heterocycles. The number of amides is 3. The van der Waals surface area contributed by atoms with E-state index in [0.717, 1.165) is 34.3 Å². The number of aliphatic hydroxyl groups is 1. The van der Waals surface area contributed by atoms with Gasteiger partial charge in [0.2, 0.25) is 5.91 Å². The number of hydrogen-bond donors (Lipinski definition) is 2. The molecule has 1 aromatic carbocycles. The monoisotopic (exact) mass is 414 g/mol. The molecule has 0 saturated carbocycles. The van der Waals surface area contributed by atoms with Crippen molar-refractivity contribution in [2.75, 3.05) is 39.9 Å². The molecule has 3 heterocycles. The second-order valence-corrected chi connectivity index (χ2v) is 8.42. The van der Waals surface area contributed by atoms with Gasteiger partial charge in [0.15, 0.2) is 0 Å². The quantitative estimate of drug-likeness (QED) is 0.798. The highest BCUT2D eigenvalue weighted by molar-refractivity contribution is 5.90. The van der Waals surface area contributed by atoms with E-state index in [0.29, 0.717) is 26.2 Å². The van der Waals surface area contributed by atoms with Gasteiger partial charge < -0.3 is 29.5 Å². The largest absolute Gasteiger partial charge is 0.497 e. The Labute approximate surface area is 176 Å². The molecule has 2 aromatic rings. The van der Waals surface area contributed by atoms with E-state index in [4.69, 9.17) is 4.74 Å². The summed E-state index contributed by atoms with van der Waals surface area (Å²) in [5.74, 6) is 0.793. The number of ether oxygens (including phenoxy) is 1. The number of methoxy groups -OCH3 is 1. The fraction of sp³-hybridized carbons (Fsp3) is 0.545. The summed E-state index contributed by atoms with van der Waals surface area (Å²) in [5, 5.41) is 14.4. The maximum atomic E-state index is 13.0. The molecule has 2 aliphatic heterocycles. The molecular formula is C22H30N4O4. The van der Waals surface area contributed by atoms with E-state index in [1.165, 1.54) is 0 Å². The number of hydrogen-bond acceptors (Lipinski definition) is 4. The second-order valence-electron chi connectivity index (χ2n) is 8.42. The Morgan fingerprint density at radius 1 is 1.30 bits per heavy atom. The first kappa shape index (κ1) is 20.5. The highest BCUT2D eigenvalue weighted by Crippen LogP contribution is 2.49. The Kier molecular flexibility index (Phi) is 5.13. The number of carbonyl (C=O) groups excluding carboxylic acids is 2. The zero-order chi connectivity index (χ0) is 21.6. The fourth-order valence-electron chi connectivity index (χ4n) is 5.07. The molecule has 0 unspecified atom stereocenters. The first-order chi connectivity index (χ1) is 14.4. The number of aryl methyl sites for hydroxylation is 1. The van der Waals surface area contributed by atoms with Crippen LogP contribution in [0.1, 0.15) is 37.6 Å². The van der Waals surface area contributed by atoms with Gasteiger partial charge in [0.25, 0.3) is 0 Å². The summed E-state index contributed by atoms with van der Waals surface area (Å²) in [5.41, 5.74) is 2.72. The molecule has 3 amide bonds. The number of urea groups is 1. The van der Waals surface area contributed by atoms with Crippen molar-refractivity contribution in [1.29, 1.82) is 0 Å². The van der Waals surface area contributed by atoms with Gasteiger partial charge in [-0.2, -0.15) is 0 Å². The molecule has 1 aromatic heterocycles.